The van der Waals surface area contributed by atoms with Crippen LogP contribution in [0.1, 0.15) is 25.8 Å². The average molecular weight is 390 g/mol. The molecular formula is C20H25FN3O4+. The number of nitrogens with two attached hydrogens (primary N) is 1. The van der Waals surface area contributed by atoms with Gasteiger partial charge in [-0.15, -0.1) is 0 Å². The number of ether oxygens (including phenoxy) is 1. The molecule has 8 heteroatoms. The lowest BCUT2D eigenvalue weighted by atomic mass is 9.76. The molecule has 3 heterocycles. The minimum atomic E-state index is -1.31. The van der Waals surface area contributed by atoms with Crippen LogP contribution in [0.4, 0.5) is 10.1 Å². The first kappa shape index (κ1) is 19.0. The molecule has 1 spiro atoms. The number of benzene rings is 1. The van der Waals surface area contributed by atoms with Gasteiger partial charge in [0.25, 0.3) is 5.91 Å². The maximum Gasteiger partial charge on any atom is 0.291 e. The lowest BCUT2D eigenvalue weighted by Crippen LogP contribution is -2.99. The van der Waals surface area contributed by atoms with Crippen LogP contribution in [-0.4, -0.2) is 48.9 Å². The molecule has 2 fully saturated rings. The first-order chi connectivity index (χ1) is 13.3. The number of anilines is 1. The molecule has 4 rings (SSSR count). The molecule has 3 aliphatic rings. The summed E-state index contributed by atoms with van der Waals surface area (Å²) < 4.78 is 19.1. The molecule has 0 unspecified atom stereocenters. The second-order valence-corrected chi connectivity index (χ2v) is 8.30. The van der Waals surface area contributed by atoms with E-state index in [1.165, 1.54) is 30.2 Å². The fourth-order valence-electron chi connectivity index (χ4n) is 5.16. The van der Waals surface area contributed by atoms with Crippen molar-refractivity contribution in [1.29, 1.82) is 0 Å². The Kier molecular flexibility index (Phi) is 4.50. The van der Waals surface area contributed by atoms with E-state index >= 15 is 0 Å². The van der Waals surface area contributed by atoms with Crippen molar-refractivity contribution in [3.05, 3.63) is 29.6 Å². The Balaban J connectivity index is 1.84. The van der Waals surface area contributed by atoms with Crippen molar-refractivity contribution in [2.75, 3.05) is 25.6 Å². The summed E-state index contributed by atoms with van der Waals surface area (Å²) in [4.78, 5) is 40.8. The summed E-state index contributed by atoms with van der Waals surface area (Å²) in [5.41, 5.74) is -0.355. The molecule has 0 aromatic heterocycles. The molecular weight excluding hydrogens is 365 g/mol. The van der Waals surface area contributed by atoms with Gasteiger partial charge < -0.3 is 15.4 Å². The van der Waals surface area contributed by atoms with Gasteiger partial charge in [-0.05, 0) is 24.1 Å². The van der Waals surface area contributed by atoms with Crippen LogP contribution >= 0.6 is 0 Å². The van der Waals surface area contributed by atoms with Crippen LogP contribution in [-0.2, 0) is 24.7 Å². The number of methoxy groups -OCH3 is 1. The molecule has 0 saturated carbocycles. The average Bonchev–Trinajstić information content (AvgIpc) is 3.19. The lowest BCUT2D eigenvalue weighted by Gasteiger charge is -2.26. The number of carbonyl (C=O) groups is 3. The van der Waals surface area contributed by atoms with Gasteiger partial charge in [-0.3, -0.25) is 19.3 Å². The van der Waals surface area contributed by atoms with Crippen molar-refractivity contribution >= 4 is 23.4 Å². The number of fused-ring (bicyclic) bond motifs is 4. The fourth-order valence-corrected chi connectivity index (χ4v) is 5.16. The van der Waals surface area contributed by atoms with Crippen molar-refractivity contribution in [1.82, 2.24) is 4.90 Å². The normalized spacial score (nSPS) is 31.1. The van der Waals surface area contributed by atoms with Gasteiger partial charge >= 0.3 is 0 Å². The van der Waals surface area contributed by atoms with E-state index in [2.05, 4.69) is 5.32 Å². The van der Waals surface area contributed by atoms with E-state index in [9.17, 15) is 18.8 Å². The summed E-state index contributed by atoms with van der Waals surface area (Å²) in [6, 6.07) is 3.88. The Bertz CT molecular complexity index is 858. The maximum atomic E-state index is 14.1. The van der Waals surface area contributed by atoms with E-state index in [4.69, 9.17) is 4.74 Å². The number of nitrogens with one attached hydrogen (secondary N) is 1. The smallest absolute Gasteiger partial charge is 0.291 e. The highest BCUT2D eigenvalue weighted by Crippen LogP contribution is 2.49. The molecule has 3 aliphatic heterocycles. The van der Waals surface area contributed by atoms with E-state index in [0.717, 1.165) is 0 Å². The molecule has 3 N–H and O–H groups in total. The number of quaternary nitrogens is 1. The number of rotatable bonds is 5. The van der Waals surface area contributed by atoms with Crippen molar-refractivity contribution in [2.45, 2.75) is 31.8 Å². The van der Waals surface area contributed by atoms with E-state index in [0.29, 0.717) is 17.7 Å². The van der Waals surface area contributed by atoms with Crippen LogP contribution in [0.2, 0.25) is 0 Å². The van der Waals surface area contributed by atoms with Crippen molar-refractivity contribution < 1.29 is 28.8 Å². The highest BCUT2D eigenvalue weighted by Gasteiger charge is 2.74. The second-order valence-electron chi connectivity index (χ2n) is 8.30. The largest absolute Gasteiger partial charge is 0.383 e. The number of amides is 3. The standard InChI is InChI=1S/C20H24FN3O4/c1-10(2)8-14-15-16(18(26)24(17(15)25)6-7-28-3)20(23-14)12-9-11(21)4-5-13(12)22-19(20)27/h4-5,9-10,14-16,23H,6-8H2,1-3H3,(H,22,27)/p+1/t14-,15-,16+,20+/m1/s1. The predicted octanol–water partition coefficient (Wildman–Crippen LogP) is 0.212. The fraction of sp³-hybridized carbons (Fsp3) is 0.550. The summed E-state index contributed by atoms with van der Waals surface area (Å²) in [7, 11) is 1.51. The molecule has 0 radical (unpaired) electrons. The molecule has 3 amide bonds. The third-order valence-corrected chi connectivity index (χ3v) is 6.18. The molecule has 2 saturated heterocycles. The van der Waals surface area contributed by atoms with Gasteiger partial charge in [-0.2, -0.15) is 0 Å². The van der Waals surface area contributed by atoms with Crippen molar-refractivity contribution in [3.63, 3.8) is 0 Å². The van der Waals surface area contributed by atoms with Gasteiger partial charge in [0, 0.05) is 19.1 Å². The van der Waals surface area contributed by atoms with Crippen LogP contribution in [0.3, 0.4) is 0 Å². The maximum absolute atomic E-state index is 14.1. The first-order valence-electron chi connectivity index (χ1n) is 9.63. The monoisotopic (exact) mass is 390 g/mol. The second kappa shape index (κ2) is 6.63. The van der Waals surface area contributed by atoms with Gasteiger partial charge in [0.15, 0.2) is 0 Å². The van der Waals surface area contributed by atoms with Gasteiger partial charge in [0.05, 0.1) is 18.8 Å². The molecule has 28 heavy (non-hydrogen) atoms. The first-order valence-corrected chi connectivity index (χ1v) is 9.63. The third-order valence-electron chi connectivity index (χ3n) is 6.18. The van der Waals surface area contributed by atoms with Gasteiger partial charge in [0.1, 0.15) is 23.7 Å². The molecule has 7 nitrogen and oxygen atoms in total. The van der Waals surface area contributed by atoms with E-state index < -0.39 is 23.2 Å². The Morgan fingerprint density at radius 2 is 2.04 bits per heavy atom. The van der Waals surface area contributed by atoms with Crippen LogP contribution in [0.5, 0.6) is 0 Å². The zero-order chi connectivity index (χ0) is 20.2. The lowest BCUT2D eigenvalue weighted by molar-refractivity contribution is -0.734. The molecule has 1 aromatic carbocycles. The summed E-state index contributed by atoms with van der Waals surface area (Å²) >= 11 is 0. The Morgan fingerprint density at radius 1 is 1.29 bits per heavy atom. The van der Waals surface area contributed by atoms with Gasteiger partial charge in [0.2, 0.25) is 17.4 Å². The quantitative estimate of drug-likeness (QED) is 0.704. The minimum absolute atomic E-state index is 0.156. The number of imide groups is 1. The van der Waals surface area contributed by atoms with Crippen LogP contribution in [0.25, 0.3) is 0 Å². The summed E-state index contributed by atoms with van der Waals surface area (Å²) in [6.45, 7) is 4.48. The number of hydrogen-bond donors (Lipinski definition) is 2. The van der Waals surface area contributed by atoms with Crippen molar-refractivity contribution in [3.8, 4) is 0 Å². The highest BCUT2D eigenvalue weighted by molar-refractivity contribution is 6.13. The van der Waals surface area contributed by atoms with Crippen LogP contribution < -0.4 is 10.6 Å². The Labute approximate surface area is 162 Å². The molecule has 0 aliphatic carbocycles. The zero-order valence-electron chi connectivity index (χ0n) is 16.2. The topological polar surface area (TPSA) is 92.3 Å². The van der Waals surface area contributed by atoms with E-state index in [1.807, 2.05) is 19.2 Å². The van der Waals surface area contributed by atoms with E-state index in [-0.39, 0.29) is 42.8 Å². The zero-order valence-corrected chi connectivity index (χ0v) is 16.2. The highest BCUT2D eigenvalue weighted by atomic mass is 19.1. The van der Waals surface area contributed by atoms with Gasteiger partial charge in [-0.1, -0.05) is 13.8 Å². The van der Waals surface area contributed by atoms with E-state index in [1.54, 1.807) is 0 Å². The summed E-state index contributed by atoms with van der Waals surface area (Å²) in [5, 5.41) is 4.63. The predicted molar refractivity (Wildman–Crippen MR) is 97.5 cm³/mol. The third kappa shape index (κ3) is 2.51. The molecule has 0 bridgehead atoms. The molecule has 1 aromatic rings. The number of likely N-dealkylation sites (tertiary alicyclic amines) is 1. The Morgan fingerprint density at radius 3 is 2.71 bits per heavy atom. The number of halogens is 1. The molecule has 4 atom stereocenters. The summed E-state index contributed by atoms with van der Waals surface area (Å²) in [6.07, 6.45) is 0.679. The minimum Gasteiger partial charge on any atom is -0.383 e. The SMILES string of the molecule is COCCN1C(=O)[C@H]2[C@@H](C1=O)[C@]1([NH2+][C@@H]2CC(C)C)C(=O)Nc2ccc(F)cc21. The number of carbonyl (C=O) groups excluding carboxylic acids is 3. The number of hydrogen-bond acceptors (Lipinski definition) is 4. The van der Waals surface area contributed by atoms with Crippen molar-refractivity contribution in [2.24, 2.45) is 17.8 Å². The molecule has 150 valence electrons. The summed E-state index contributed by atoms with van der Waals surface area (Å²) in [5.74, 6) is -2.63. The van der Waals surface area contributed by atoms with Gasteiger partial charge in [-0.25, -0.2) is 4.39 Å². The number of nitrogens with zero attached hydrogens (tertiary/aromatic N) is 1. The van der Waals surface area contributed by atoms with Crippen LogP contribution in [0, 0.1) is 23.6 Å². The van der Waals surface area contributed by atoms with Crippen LogP contribution in [0.15, 0.2) is 18.2 Å². The Hall–Kier alpha value is -2.32.